The second kappa shape index (κ2) is 10.6. The van der Waals surface area contributed by atoms with E-state index in [9.17, 15) is 9.59 Å². The summed E-state index contributed by atoms with van der Waals surface area (Å²) < 4.78 is 0. The summed E-state index contributed by atoms with van der Waals surface area (Å²) in [6.45, 7) is 2.01. The molecule has 1 unspecified atom stereocenters. The van der Waals surface area contributed by atoms with Gasteiger partial charge in [0.1, 0.15) is 5.82 Å². The lowest BCUT2D eigenvalue weighted by Crippen LogP contribution is -2.44. The summed E-state index contributed by atoms with van der Waals surface area (Å²) in [6, 6.07) is 11.0. The number of nitrogens with zero attached hydrogens (tertiary/aromatic N) is 3. The third-order valence-corrected chi connectivity index (χ3v) is 5.19. The summed E-state index contributed by atoms with van der Waals surface area (Å²) in [5.74, 6) is 0.578. The van der Waals surface area contributed by atoms with Gasteiger partial charge in [-0.1, -0.05) is 23.7 Å². The van der Waals surface area contributed by atoms with Crippen LogP contribution in [0, 0.1) is 0 Å². The number of anilines is 1. The normalized spacial score (nSPS) is 16.1. The number of nitrogens with one attached hydrogen (secondary N) is 3. The molecular formula is C21H26ClN7O2. The average molecular weight is 444 g/mol. The van der Waals surface area contributed by atoms with Gasteiger partial charge in [-0.25, -0.2) is 4.98 Å². The molecule has 5 N–H and O–H groups in total. The van der Waals surface area contributed by atoms with Gasteiger partial charge in [-0.15, -0.1) is 0 Å². The van der Waals surface area contributed by atoms with Crippen molar-refractivity contribution < 1.29 is 9.59 Å². The van der Waals surface area contributed by atoms with Crippen LogP contribution in [0.25, 0.3) is 0 Å². The first-order valence-corrected chi connectivity index (χ1v) is 10.3. The lowest BCUT2D eigenvalue weighted by atomic mass is 10.1. The number of amides is 2. The maximum Gasteiger partial charge on any atom is 0.251 e. The number of hydrogen-bond donors (Lipinski definition) is 4. The molecule has 0 aliphatic carbocycles. The highest BCUT2D eigenvalue weighted by Crippen LogP contribution is 2.25. The Bertz CT molecular complexity index is 949. The number of pyridine rings is 1. The van der Waals surface area contributed by atoms with E-state index in [2.05, 4.69) is 30.8 Å². The number of rotatable bonds is 7. The highest BCUT2D eigenvalue weighted by molar-refractivity contribution is 6.32. The molecule has 1 aromatic carbocycles. The number of guanidine groups is 1. The van der Waals surface area contributed by atoms with Gasteiger partial charge in [-0.05, 0) is 36.2 Å². The fourth-order valence-corrected chi connectivity index (χ4v) is 3.54. The molecule has 1 aliphatic rings. The van der Waals surface area contributed by atoms with E-state index in [0.29, 0.717) is 23.1 Å². The molecule has 164 valence electrons. The Hall–Kier alpha value is -3.33. The zero-order chi connectivity index (χ0) is 22.2. The maximum absolute atomic E-state index is 11.9. The monoisotopic (exact) mass is 443 g/mol. The molecular weight excluding hydrogens is 418 g/mol. The molecule has 0 radical (unpaired) electrons. The van der Waals surface area contributed by atoms with Gasteiger partial charge >= 0.3 is 0 Å². The largest absolute Gasteiger partial charge is 0.368 e. The summed E-state index contributed by atoms with van der Waals surface area (Å²) >= 11 is 6.26. The van der Waals surface area contributed by atoms with Gasteiger partial charge in [0.05, 0.1) is 11.6 Å². The van der Waals surface area contributed by atoms with E-state index in [1.807, 2.05) is 24.3 Å². The number of halogens is 1. The molecule has 2 aromatic rings. The van der Waals surface area contributed by atoms with Crippen molar-refractivity contribution in [1.29, 1.82) is 0 Å². The zero-order valence-electron chi connectivity index (χ0n) is 17.3. The summed E-state index contributed by atoms with van der Waals surface area (Å²) in [7, 11) is 1.73. The van der Waals surface area contributed by atoms with Crippen LogP contribution >= 0.6 is 11.6 Å². The molecule has 1 fully saturated rings. The van der Waals surface area contributed by atoms with Crippen LogP contribution in [-0.2, 0) is 11.3 Å². The number of nitrogens with two attached hydrogens (primary N) is 1. The predicted octanol–water partition coefficient (Wildman–Crippen LogP) is 0.894. The minimum Gasteiger partial charge on any atom is -0.368 e. The molecule has 1 saturated heterocycles. The molecule has 0 spiro atoms. The topological polar surface area (TPSA) is 125 Å². The Morgan fingerprint density at radius 2 is 2.03 bits per heavy atom. The van der Waals surface area contributed by atoms with Gasteiger partial charge in [0, 0.05) is 44.5 Å². The molecule has 2 heterocycles. The van der Waals surface area contributed by atoms with Crippen LogP contribution in [0.4, 0.5) is 5.82 Å². The van der Waals surface area contributed by atoms with Crippen molar-refractivity contribution in [2.24, 2.45) is 10.7 Å². The van der Waals surface area contributed by atoms with E-state index < -0.39 is 5.91 Å². The van der Waals surface area contributed by atoms with Gasteiger partial charge in [0.15, 0.2) is 5.96 Å². The second-order valence-electron chi connectivity index (χ2n) is 7.16. The van der Waals surface area contributed by atoms with E-state index in [1.54, 1.807) is 25.4 Å². The van der Waals surface area contributed by atoms with Crippen molar-refractivity contribution in [3.05, 3.63) is 58.7 Å². The third kappa shape index (κ3) is 6.32. The van der Waals surface area contributed by atoms with Crippen molar-refractivity contribution in [1.82, 2.24) is 20.9 Å². The number of primary amides is 1. The minimum atomic E-state index is -0.582. The number of carbonyl (C=O) groups is 2. The average Bonchev–Trinajstić information content (AvgIpc) is 3.23. The molecule has 1 atom stereocenters. The van der Waals surface area contributed by atoms with E-state index in [4.69, 9.17) is 17.3 Å². The number of benzene rings is 1. The number of carbonyl (C=O) groups excluding carboxylic acids is 2. The van der Waals surface area contributed by atoms with Crippen LogP contribution in [0.15, 0.2) is 47.6 Å². The Labute approximate surface area is 186 Å². The highest BCUT2D eigenvalue weighted by atomic mass is 35.5. The van der Waals surface area contributed by atoms with Gasteiger partial charge in [0.2, 0.25) is 5.91 Å². The van der Waals surface area contributed by atoms with Gasteiger partial charge in [-0.2, -0.15) is 0 Å². The fraction of sp³-hybridized carbons (Fsp3) is 0.333. The highest BCUT2D eigenvalue weighted by Gasteiger charge is 2.25. The summed E-state index contributed by atoms with van der Waals surface area (Å²) in [5.41, 5.74) is 6.49. The molecule has 1 aliphatic heterocycles. The lowest BCUT2D eigenvalue weighted by molar-refractivity contribution is -0.117. The Morgan fingerprint density at radius 3 is 2.71 bits per heavy atom. The molecule has 10 heteroatoms. The van der Waals surface area contributed by atoms with E-state index in [1.165, 1.54) is 0 Å². The molecule has 0 saturated carbocycles. The molecule has 9 nitrogen and oxygen atoms in total. The van der Waals surface area contributed by atoms with Crippen molar-refractivity contribution in [2.45, 2.75) is 19.0 Å². The zero-order valence-corrected chi connectivity index (χ0v) is 18.0. The standard InChI is InChI=1S/C21H26ClN7O2/c1-24-21(28-16-8-10-29(13-16)19-17(22)3-2-9-25-19)27-11-14-4-6-15(7-5-14)20(31)26-12-18(23)30/h2-7,9,16H,8,10-13H2,1H3,(H2,23,30)(H,26,31)(H2,24,27,28). The predicted molar refractivity (Wildman–Crippen MR) is 121 cm³/mol. The van der Waals surface area contributed by atoms with Crippen molar-refractivity contribution in [3.63, 3.8) is 0 Å². The fourth-order valence-electron chi connectivity index (χ4n) is 3.30. The first kappa shape index (κ1) is 22.4. The molecule has 2 amide bonds. The summed E-state index contributed by atoms with van der Waals surface area (Å²) in [5, 5.41) is 9.83. The van der Waals surface area contributed by atoms with Crippen LogP contribution in [0.2, 0.25) is 5.02 Å². The van der Waals surface area contributed by atoms with Gasteiger partial charge in [-0.3, -0.25) is 14.6 Å². The van der Waals surface area contributed by atoms with Crippen molar-refractivity contribution >= 4 is 35.2 Å². The van der Waals surface area contributed by atoms with Crippen molar-refractivity contribution in [2.75, 3.05) is 31.6 Å². The Balaban J connectivity index is 1.48. The van der Waals surface area contributed by atoms with Crippen LogP contribution in [0.3, 0.4) is 0 Å². The SMILES string of the molecule is CN=C(NCc1ccc(C(=O)NCC(N)=O)cc1)NC1CCN(c2ncccc2Cl)C1. The number of aromatic nitrogens is 1. The van der Waals surface area contributed by atoms with E-state index >= 15 is 0 Å². The molecule has 31 heavy (non-hydrogen) atoms. The number of aliphatic imine (C=N–C) groups is 1. The Morgan fingerprint density at radius 1 is 1.26 bits per heavy atom. The summed E-state index contributed by atoms with van der Waals surface area (Å²) in [4.78, 5) is 33.5. The van der Waals surface area contributed by atoms with Crippen LogP contribution in [0.1, 0.15) is 22.3 Å². The molecule has 1 aromatic heterocycles. The smallest absolute Gasteiger partial charge is 0.251 e. The minimum absolute atomic E-state index is 0.185. The van der Waals surface area contributed by atoms with E-state index in [0.717, 1.165) is 30.9 Å². The first-order chi connectivity index (χ1) is 15.0. The lowest BCUT2D eigenvalue weighted by Gasteiger charge is -2.20. The van der Waals surface area contributed by atoms with Crippen molar-refractivity contribution in [3.8, 4) is 0 Å². The quantitative estimate of drug-likeness (QED) is 0.372. The van der Waals surface area contributed by atoms with Gasteiger partial charge < -0.3 is 26.6 Å². The second-order valence-corrected chi connectivity index (χ2v) is 7.56. The first-order valence-electron chi connectivity index (χ1n) is 9.94. The molecule has 3 rings (SSSR count). The third-order valence-electron chi connectivity index (χ3n) is 4.89. The molecule has 0 bridgehead atoms. The van der Waals surface area contributed by atoms with Crippen LogP contribution < -0.4 is 26.6 Å². The van der Waals surface area contributed by atoms with Gasteiger partial charge in [0.25, 0.3) is 5.91 Å². The van der Waals surface area contributed by atoms with E-state index in [-0.39, 0.29) is 18.5 Å². The number of hydrogen-bond acceptors (Lipinski definition) is 5. The van der Waals surface area contributed by atoms with Crippen LogP contribution in [-0.4, -0.2) is 55.5 Å². The maximum atomic E-state index is 11.9. The summed E-state index contributed by atoms with van der Waals surface area (Å²) in [6.07, 6.45) is 2.69. The Kier molecular flexibility index (Phi) is 7.66. The van der Waals surface area contributed by atoms with Crippen LogP contribution in [0.5, 0.6) is 0 Å².